The molecule has 0 amide bonds. The molecular formula is C23H24F5NO3S. The Hall–Kier alpha value is -2.49. The van der Waals surface area contributed by atoms with Gasteiger partial charge in [-0.2, -0.15) is 13.2 Å². The van der Waals surface area contributed by atoms with Gasteiger partial charge in [-0.15, -0.1) is 0 Å². The van der Waals surface area contributed by atoms with Crippen LogP contribution in [0.25, 0.3) is 0 Å². The molecule has 2 aromatic rings. The number of carbonyl (C=O) groups excluding carboxylic acids is 2. The number of carbonyl (C=O) groups is 2. The van der Waals surface area contributed by atoms with Crippen molar-refractivity contribution < 1.29 is 36.3 Å². The topological polar surface area (TPSA) is 56.3 Å². The Morgan fingerprint density at radius 3 is 2.15 bits per heavy atom. The summed E-state index contributed by atoms with van der Waals surface area (Å²) in [6, 6.07) is 6.72. The van der Waals surface area contributed by atoms with Crippen molar-refractivity contribution in [3.8, 4) is 0 Å². The summed E-state index contributed by atoms with van der Waals surface area (Å²) in [6.45, 7) is 6.99. The van der Waals surface area contributed by atoms with E-state index in [0.717, 1.165) is 12.7 Å². The van der Waals surface area contributed by atoms with Gasteiger partial charge in [0.25, 0.3) is 6.43 Å². The highest BCUT2D eigenvalue weighted by Gasteiger charge is 2.43. The zero-order valence-electron chi connectivity index (χ0n) is 18.7. The first-order valence-electron chi connectivity index (χ1n) is 10.1. The minimum Gasteiger partial charge on any atom is -0.465 e. The number of nitrogens with zero attached hydrogens (tertiary/aromatic N) is 1. The number of hydrogen-bond donors (Lipinski definition) is 0. The fourth-order valence-corrected chi connectivity index (χ4v) is 4.47. The second kappa shape index (κ2) is 10.6. The quantitative estimate of drug-likeness (QED) is 0.236. The van der Waals surface area contributed by atoms with Gasteiger partial charge in [0.05, 0.1) is 18.2 Å². The molecule has 1 heterocycles. The van der Waals surface area contributed by atoms with E-state index in [9.17, 15) is 31.5 Å². The highest BCUT2D eigenvalue weighted by atomic mass is 32.2. The van der Waals surface area contributed by atoms with Crippen molar-refractivity contribution in [2.24, 2.45) is 5.92 Å². The Kier molecular flexibility index (Phi) is 8.62. The van der Waals surface area contributed by atoms with Gasteiger partial charge in [-0.25, -0.2) is 18.6 Å². The van der Waals surface area contributed by atoms with E-state index >= 15 is 0 Å². The molecule has 0 saturated carbocycles. The van der Waals surface area contributed by atoms with Gasteiger partial charge in [-0.05, 0) is 47.2 Å². The first kappa shape index (κ1) is 26.8. The standard InChI is InChI=1S/C23H24F5NO3S/c1-11(2)10-14-16(21(30)32-5)18(20(24)25)29-19(23(26,27)28)17(14)22(31)33-15-9-7-6-8-13(15)12(3)4/h6-9,11-12,20H,10H2,1-5H3. The summed E-state index contributed by atoms with van der Waals surface area (Å²) in [4.78, 5) is 29.2. The van der Waals surface area contributed by atoms with Crippen LogP contribution in [0.3, 0.4) is 0 Å². The number of esters is 1. The molecule has 10 heteroatoms. The van der Waals surface area contributed by atoms with E-state index in [4.69, 9.17) is 0 Å². The van der Waals surface area contributed by atoms with Gasteiger partial charge in [0, 0.05) is 4.90 Å². The Balaban J connectivity index is 2.88. The van der Waals surface area contributed by atoms with Gasteiger partial charge >= 0.3 is 12.1 Å². The van der Waals surface area contributed by atoms with Gasteiger partial charge < -0.3 is 4.74 Å². The molecule has 0 atom stereocenters. The Bertz CT molecular complexity index is 1040. The van der Waals surface area contributed by atoms with Crippen LogP contribution < -0.4 is 0 Å². The SMILES string of the molecule is COC(=O)c1c(C(F)F)nc(C(F)(F)F)c(C(=O)Sc2ccccc2C(C)C)c1CC(C)C. The Labute approximate surface area is 192 Å². The smallest absolute Gasteiger partial charge is 0.434 e. The number of methoxy groups -OCH3 is 1. The molecule has 1 aromatic carbocycles. The van der Waals surface area contributed by atoms with Crippen molar-refractivity contribution in [2.45, 2.75) is 57.5 Å². The fraction of sp³-hybridized carbons (Fsp3) is 0.435. The van der Waals surface area contributed by atoms with Crippen molar-refractivity contribution >= 4 is 22.8 Å². The van der Waals surface area contributed by atoms with Gasteiger partial charge in [-0.1, -0.05) is 45.9 Å². The van der Waals surface area contributed by atoms with Gasteiger partial charge in [0.1, 0.15) is 5.69 Å². The predicted octanol–water partition coefficient (Wildman–Crippen LogP) is 7.08. The summed E-state index contributed by atoms with van der Waals surface area (Å²) < 4.78 is 73.8. The van der Waals surface area contributed by atoms with Crippen LogP contribution in [0.2, 0.25) is 0 Å². The third kappa shape index (κ3) is 6.10. The molecule has 2 rings (SSSR count). The summed E-state index contributed by atoms with van der Waals surface area (Å²) in [7, 11) is 0.920. The van der Waals surface area contributed by atoms with Crippen LogP contribution in [-0.2, 0) is 17.3 Å². The lowest BCUT2D eigenvalue weighted by molar-refractivity contribution is -0.141. The van der Waals surface area contributed by atoms with Crippen molar-refractivity contribution in [1.29, 1.82) is 0 Å². The summed E-state index contributed by atoms with van der Waals surface area (Å²) in [5, 5.41) is -1.04. The molecule has 1 aromatic heterocycles. The minimum absolute atomic E-state index is 0.0244. The molecule has 0 fully saturated rings. The molecule has 33 heavy (non-hydrogen) atoms. The van der Waals surface area contributed by atoms with E-state index in [1.54, 1.807) is 38.1 Å². The van der Waals surface area contributed by atoms with E-state index in [1.165, 1.54) is 0 Å². The van der Waals surface area contributed by atoms with Crippen LogP contribution in [0, 0.1) is 5.92 Å². The number of pyridine rings is 1. The molecule has 0 aliphatic rings. The highest BCUT2D eigenvalue weighted by Crippen LogP contribution is 2.41. The van der Waals surface area contributed by atoms with Crippen LogP contribution in [-0.4, -0.2) is 23.2 Å². The van der Waals surface area contributed by atoms with Crippen LogP contribution in [0.5, 0.6) is 0 Å². The van der Waals surface area contributed by atoms with Crippen LogP contribution >= 0.6 is 11.8 Å². The van der Waals surface area contributed by atoms with Crippen molar-refractivity contribution in [3.05, 3.63) is 57.9 Å². The Morgan fingerprint density at radius 1 is 1.06 bits per heavy atom. The normalized spacial score (nSPS) is 12.0. The van der Waals surface area contributed by atoms with Crippen molar-refractivity contribution in [2.75, 3.05) is 7.11 Å². The summed E-state index contributed by atoms with van der Waals surface area (Å²) in [5.74, 6) is -1.66. The summed E-state index contributed by atoms with van der Waals surface area (Å²) >= 11 is 0.547. The lowest BCUT2D eigenvalue weighted by Crippen LogP contribution is -2.24. The van der Waals surface area contributed by atoms with E-state index in [1.807, 2.05) is 13.8 Å². The first-order valence-corrected chi connectivity index (χ1v) is 10.9. The second-order valence-electron chi connectivity index (χ2n) is 8.04. The predicted molar refractivity (Wildman–Crippen MR) is 115 cm³/mol. The van der Waals surface area contributed by atoms with Gasteiger partial charge in [0.15, 0.2) is 5.69 Å². The number of hydrogen-bond acceptors (Lipinski definition) is 5. The average Bonchev–Trinajstić information content (AvgIpc) is 2.71. The number of rotatable bonds is 7. The third-order valence-corrected chi connectivity index (χ3v) is 5.73. The molecule has 180 valence electrons. The first-order chi connectivity index (χ1) is 15.3. The number of ether oxygens (including phenoxy) is 1. The Morgan fingerprint density at radius 2 is 1.67 bits per heavy atom. The second-order valence-corrected chi connectivity index (χ2v) is 9.06. The lowest BCUT2D eigenvalue weighted by Gasteiger charge is -2.22. The molecule has 0 bridgehead atoms. The fourth-order valence-electron chi connectivity index (χ4n) is 3.38. The zero-order chi connectivity index (χ0) is 25.1. The molecule has 0 spiro atoms. The van der Waals surface area contributed by atoms with Crippen molar-refractivity contribution in [3.63, 3.8) is 0 Å². The molecule has 0 saturated heterocycles. The van der Waals surface area contributed by atoms with Gasteiger partial charge in [-0.3, -0.25) is 4.79 Å². The van der Waals surface area contributed by atoms with E-state index in [2.05, 4.69) is 9.72 Å². The molecule has 0 radical (unpaired) electrons. The maximum Gasteiger partial charge on any atom is 0.434 e. The van der Waals surface area contributed by atoms with E-state index < -0.39 is 51.8 Å². The molecule has 0 aliphatic heterocycles. The monoisotopic (exact) mass is 489 g/mol. The molecule has 0 aliphatic carbocycles. The number of alkyl halides is 5. The number of halogens is 5. The molecule has 0 unspecified atom stereocenters. The van der Waals surface area contributed by atoms with Crippen LogP contribution in [0.1, 0.15) is 83.3 Å². The van der Waals surface area contributed by atoms with Crippen LogP contribution in [0.4, 0.5) is 22.0 Å². The number of benzene rings is 1. The van der Waals surface area contributed by atoms with Gasteiger partial charge in [0.2, 0.25) is 5.12 Å². The van der Waals surface area contributed by atoms with E-state index in [-0.39, 0.29) is 18.3 Å². The number of thioether (sulfide) groups is 1. The molecular weight excluding hydrogens is 465 g/mol. The zero-order valence-corrected chi connectivity index (χ0v) is 19.5. The largest absolute Gasteiger partial charge is 0.465 e. The van der Waals surface area contributed by atoms with Crippen LogP contribution in [0.15, 0.2) is 29.2 Å². The summed E-state index contributed by atoms with van der Waals surface area (Å²) in [5.41, 5.74) is -4.48. The minimum atomic E-state index is -5.20. The average molecular weight is 490 g/mol. The van der Waals surface area contributed by atoms with Crippen molar-refractivity contribution in [1.82, 2.24) is 4.98 Å². The maximum atomic E-state index is 13.9. The number of aromatic nitrogens is 1. The highest BCUT2D eigenvalue weighted by molar-refractivity contribution is 8.14. The lowest BCUT2D eigenvalue weighted by atomic mass is 9.91. The van der Waals surface area contributed by atoms with E-state index in [0.29, 0.717) is 16.7 Å². The third-order valence-electron chi connectivity index (χ3n) is 4.75. The molecule has 0 N–H and O–H groups in total. The maximum absolute atomic E-state index is 13.9. The summed E-state index contributed by atoms with van der Waals surface area (Å²) in [6.07, 6.45) is -8.92. The molecule has 4 nitrogen and oxygen atoms in total.